The molecular weight excluding hydrogens is 506 g/mol. The van der Waals surface area contributed by atoms with Crippen LogP contribution in [0.2, 0.25) is 5.02 Å². The molecule has 178 valence electrons. The predicted molar refractivity (Wildman–Crippen MR) is 120 cm³/mol. The average Bonchev–Trinajstić information content (AvgIpc) is 3.50. The molecule has 0 unspecified atom stereocenters. The Labute approximate surface area is 201 Å². The normalized spacial score (nSPS) is 11.7. The van der Waals surface area contributed by atoms with Crippen molar-refractivity contribution in [1.82, 2.24) is 34.6 Å². The molecular formula is C20H13ClF2N8O3S. The number of anilines is 1. The van der Waals surface area contributed by atoms with Crippen LogP contribution in [-0.2, 0) is 10.0 Å². The third-order valence-electron chi connectivity index (χ3n) is 4.97. The van der Waals surface area contributed by atoms with Crippen LogP contribution in [0.15, 0.2) is 60.3 Å². The van der Waals surface area contributed by atoms with Crippen LogP contribution in [0.25, 0.3) is 22.5 Å². The van der Waals surface area contributed by atoms with E-state index in [9.17, 15) is 12.8 Å². The summed E-state index contributed by atoms with van der Waals surface area (Å²) in [6.07, 6.45) is 5.43. The van der Waals surface area contributed by atoms with E-state index < -0.39 is 37.8 Å². The van der Waals surface area contributed by atoms with Crippen molar-refractivity contribution in [2.75, 3.05) is 11.8 Å². The lowest BCUT2D eigenvalue weighted by Crippen LogP contribution is -2.16. The van der Waals surface area contributed by atoms with Crippen LogP contribution in [0, 0.1) is 11.6 Å². The van der Waals surface area contributed by atoms with E-state index >= 15 is 4.39 Å². The Morgan fingerprint density at radius 2 is 1.94 bits per heavy atom. The summed E-state index contributed by atoms with van der Waals surface area (Å²) < 4.78 is 66.0. The van der Waals surface area contributed by atoms with Gasteiger partial charge in [0.25, 0.3) is 10.0 Å². The van der Waals surface area contributed by atoms with Gasteiger partial charge in [0.05, 0.1) is 28.9 Å². The Kier molecular flexibility index (Phi) is 5.53. The fourth-order valence-corrected chi connectivity index (χ4v) is 4.85. The van der Waals surface area contributed by atoms with Crippen molar-refractivity contribution in [2.24, 2.45) is 0 Å². The van der Waals surface area contributed by atoms with Gasteiger partial charge in [0.1, 0.15) is 18.5 Å². The largest absolute Gasteiger partial charge is 0.480 e. The van der Waals surface area contributed by atoms with Crippen molar-refractivity contribution < 1.29 is 21.9 Å². The van der Waals surface area contributed by atoms with Crippen LogP contribution < -0.4 is 9.46 Å². The molecule has 0 aliphatic heterocycles. The molecule has 4 heterocycles. The quantitative estimate of drug-likeness (QED) is 0.363. The second-order valence-electron chi connectivity index (χ2n) is 7.08. The summed E-state index contributed by atoms with van der Waals surface area (Å²) in [6, 6.07) is 6.08. The summed E-state index contributed by atoms with van der Waals surface area (Å²) >= 11 is 5.87. The minimum Gasteiger partial charge on any atom is -0.480 e. The fraction of sp³-hybridized carbons (Fsp3) is 0.0500. The molecule has 35 heavy (non-hydrogen) atoms. The topological polar surface area (TPSA) is 129 Å². The smallest absolute Gasteiger partial charge is 0.267 e. The number of tetrazole rings is 1. The molecule has 0 radical (unpaired) electrons. The molecule has 0 aliphatic carbocycles. The lowest BCUT2D eigenvalue weighted by molar-refractivity contribution is 0.385. The minimum absolute atomic E-state index is 0.0288. The number of methoxy groups -OCH3 is 1. The van der Waals surface area contributed by atoms with Gasteiger partial charge >= 0.3 is 0 Å². The first-order chi connectivity index (χ1) is 16.8. The van der Waals surface area contributed by atoms with Crippen molar-refractivity contribution in [2.45, 2.75) is 4.90 Å². The Balaban J connectivity index is 1.56. The summed E-state index contributed by atoms with van der Waals surface area (Å²) in [7, 11) is -3.17. The third kappa shape index (κ3) is 4.02. The first kappa shape index (κ1) is 22.6. The van der Waals surface area contributed by atoms with Crippen molar-refractivity contribution in [1.29, 1.82) is 0 Å². The molecule has 0 spiro atoms. The van der Waals surface area contributed by atoms with Crippen LogP contribution in [0.4, 0.5) is 14.5 Å². The highest BCUT2D eigenvalue weighted by Gasteiger charge is 2.25. The Bertz CT molecular complexity index is 1680. The zero-order chi connectivity index (χ0) is 24.7. The first-order valence-corrected chi connectivity index (χ1v) is 11.6. The van der Waals surface area contributed by atoms with Crippen molar-refractivity contribution >= 4 is 32.8 Å². The summed E-state index contributed by atoms with van der Waals surface area (Å²) in [4.78, 5) is 7.61. The number of imidazole rings is 1. The summed E-state index contributed by atoms with van der Waals surface area (Å²) in [5, 5.41) is 10.9. The number of pyridine rings is 2. The number of nitrogens with one attached hydrogen (secondary N) is 1. The highest BCUT2D eigenvalue weighted by Crippen LogP contribution is 2.33. The fourth-order valence-electron chi connectivity index (χ4n) is 3.42. The van der Waals surface area contributed by atoms with Gasteiger partial charge in [-0.05, 0) is 34.7 Å². The Morgan fingerprint density at radius 1 is 1.11 bits per heavy atom. The van der Waals surface area contributed by atoms with E-state index in [2.05, 4.69) is 30.2 Å². The van der Waals surface area contributed by atoms with Crippen LogP contribution in [0.1, 0.15) is 0 Å². The Hall–Kier alpha value is -4.17. The number of hydrogen-bond acceptors (Lipinski definition) is 8. The summed E-state index contributed by atoms with van der Waals surface area (Å²) in [6.45, 7) is 0. The van der Waals surface area contributed by atoms with Crippen LogP contribution in [0.5, 0.6) is 5.88 Å². The summed E-state index contributed by atoms with van der Waals surface area (Å²) in [5.41, 5.74) is -0.222. The van der Waals surface area contributed by atoms with E-state index in [4.69, 9.17) is 16.3 Å². The number of fused-ring (bicyclic) bond motifs is 1. The van der Waals surface area contributed by atoms with Crippen LogP contribution in [-0.4, -0.2) is 50.1 Å². The SMILES string of the molecule is COc1ncc(Cl)cc1S(=O)(=O)Nc1ccc(F)c(-c2ccc3c(-n4cnnn4)ncn3c2)c1F. The number of hydrogen-bond donors (Lipinski definition) is 1. The lowest BCUT2D eigenvalue weighted by atomic mass is 10.1. The molecule has 0 saturated heterocycles. The van der Waals surface area contributed by atoms with Gasteiger partial charge in [-0.2, -0.15) is 4.68 Å². The molecule has 0 amide bonds. The monoisotopic (exact) mass is 518 g/mol. The van der Waals surface area contributed by atoms with E-state index in [1.54, 1.807) is 6.07 Å². The second kappa shape index (κ2) is 8.56. The van der Waals surface area contributed by atoms with Crippen molar-refractivity contribution in [3.05, 3.63) is 72.0 Å². The van der Waals surface area contributed by atoms with E-state index in [1.165, 1.54) is 47.3 Å². The number of rotatable bonds is 6. The maximum Gasteiger partial charge on any atom is 0.267 e. The maximum absolute atomic E-state index is 15.5. The predicted octanol–water partition coefficient (Wildman–Crippen LogP) is 3.11. The zero-order valence-electron chi connectivity index (χ0n) is 17.6. The van der Waals surface area contributed by atoms with Crippen molar-refractivity contribution in [3.8, 4) is 22.8 Å². The highest BCUT2D eigenvalue weighted by atomic mass is 35.5. The number of ether oxygens (including phenoxy) is 1. The van der Waals surface area contributed by atoms with Gasteiger partial charge in [0.15, 0.2) is 16.5 Å². The molecule has 5 aromatic rings. The molecule has 5 rings (SSSR count). The zero-order valence-corrected chi connectivity index (χ0v) is 19.2. The molecule has 1 N–H and O–H groups in total. The lowest BCUT2D eigenvalue weighted by Gasteiger charge is -2.14. The van der Waals surface area contributed by atoms with Crippen LogP contribution >= 0.6 is 11.6 Å². The maximum atomic E-state index is 15.5. The molecule has 0 aliphatic rings. The molecule has 0 bridgehead atoms. The molecule has 11 nitrogen and oxygen atoms in total. The number of nitrogens with zero attached hydrogens (tertiary/aromatic N) is 7. The molecule has 0 fully saturated rings. The number of sulfonamides is 1. The van der Waals surface area contributed by atoms with Crippen molar-refractivity contribution in [3.63, 3.8) is 0 Å². The van der Waals surface area contributed by atoms with Gasteiger partial charge in [0.2, 0.25) is 5.88 Å². The Morgan fingerprint density at radius 3 is 2.69 bits per heavy atom. The second-order valence-corrected chi connectivity index (χ2v) is 9.17. The third-order valence-corrected chi connectivity index (χ3v) is 6.54. The van der Waals surface area contributed by atoms with E-state index in [0.717, 1.165) is 18.2 Å². The minimum atomic E-state index is -4.39. The van der Waals surface area contributed by atoms with Gasteiger partial charge in [-0.25, -0.2) is 27.2 Å². The first-order valence-electron chi connectivity index (χ1n) is 9.69. The van der Waals surface area contributed by atoms with E-state index in [-0.39, 0.29) is 16.5 Å². The molecule has 4 aromatic heterocycles. The van der Waals surface area contributed by atoms with Crippen LogP contribution in [0.3, 0.4) is 0 Å². The van der Waals surface area contributed by atoms with E-state index in [0.29, 0.717) is 11.3 Å². The average molecular weight is 519 g/mol. The molecule has 1 aromatic carbocycles. The van der Waals surface area contributed by atoms with Gasteiger partial charge < -0.3 is 9.14 Å². The molecule has 0 atom stereocenters. The number of benzene rings is 1. The van der Waals surface area contributed by atoms with Gasteiger partial charge in [-0.3, -0.25) is 4.72 Å². The van der Waals surface area contributed by atoms with E-state index in [1.807, 2.05) is 0 Å². The number of aromatic nitrogens is 7. The van der Waals surface area contributed by atoms with Gasteiger partial charge in [-0.1, -0.05) is 17.7 Å². The molecule has 0 saturated carbocycles. The summed E-state index contributed by atoms with van der Waals surface area (Å²) in [5.74, 6) is -1.85. The van der Waals surface area contributed by atoms with Gasteiger partial charge in [0, 0.05) is 18.0 Å². The standard InChI is InChI=1S/C20H13ClF2N8O3S/c1-34-20-16(6-12(21)7-24-20)35(32,33)27-14-4-3-13(22)17(18(14)23)11-2-5-15-19(25-9-30(15)8-11)31-10-26-28-29-31/h2-10,27H,1H3. The van der Waals surface area contributed by atoms with Gasteiger partial charge in [-0.15, -0.1) is 5.10 Å². The molecule has 15 heteroatoms. The highest BCUT2D eigenvalue weighted by molar-refractivity contribution is 7.92. The number of halogens is 3.